The Morgan fingerprint density at radius 2 is 1.51 bits per heavy atom. The van der Waals surface area contributed by atoms with Crippen LogP contribution in [0.5, 0.6) is 0 Å². The fraction of sp³-hybridized carbons (Fsp3) is 0.800. The highest BCUT2D eigenvalue weighted by Gasteiger charge is 2.67. The maximum atomic E-state index is 15.6. The lowest BCUT2D eigenvalue weighted by Crippen LogP contribution is -2.57. The van der Waals surface area contributed by atoms with E-state index in [2.05, 4.69) is 26.0 Å². The molecule has 3 saturated heterocycles. The summed E-state index contributed by atoms with van der Waals surface area (Å²) in [5.41, 5.74) is -1.44. The van der Waals surface area contributed by atoms with Crippen LogP contribution in [0.25, 0.3) is 0 Å². The number of aliphatic hydroxyl groups excluding tert-OH is 5. The molecule has 7 rings (SSSR count). The Balaban J connectivity index is 1.30. The molecule has 7 aliphatic rings. The second-order valence-electron chi connectivity index (χ2n) is 22.7. The number of carbonyl (C=O) groups is 3. The molecule has 3 heterocycles. The minimum atomic E-state index is -1.60. The van der Waals surface area contributed by atoms with Gasteiger partial charge in [-0.3, -0.25) is 9.59 Å². The van der Waals surface area contributed by atoms with E-state index in [0.29, 0.717) is 32.1 Å². The maximum Gasteiger partial charge on any atom is 0.346 e. The van der Waals surface area contributed by atoms with Crippen molar-refractivity contribution >= 4 is 17.5 Å². The van der Waals surface area contributed by atoms with Gasteiger partial charge in [-0.15, -0.1) is 0 Å². The zero-order valence-electron chi connectivity index (χ0n) is 43.3. The van der Waals surface area contributed by atoms with Gasteiger partial charge in [-0.2, -0.15) is 0 Å². The molecular formula is C55H84O14. The Bertz CT molecular complexity index is 2030. The van der Waals surface area contributed by atoms with Gasteiger partial charge in [0.25, 0.3) is 0 Å². The van der Waals surface area contributed by atoms with Gasteiger partial charge in [0.05, 0.1) is 36.6 Å². The number of carbonyl (C=O) groups excluding carboxylic acids is 3. The van der Waals surface area contributed by atoms with Gasteiger partial charge in [0.15, 0.2) is 18.2 Å². The number of methoxy groups -OCH3 is 1. The number of rotatable bonds is 8. The van der Waals surface area contributed by atoms with Crippen LogP contribution in [0.2, 0.25) is 0 Å². The number of esters is 1. The van der Waals surface area contributed by atoms with Crippen molar-refractivity contribution in [1.29, 1.82) is 0 Å². The molecule has 14 nitrogen and oxygen atoms in total. The molecule has 4 fully saturated rings. The maximum absolute atomic E-state index is 15.6. The lowest BCUT2D eigenvalue weighted by atomic mass is 9.47. The molecule has 4 aliphatic carbocycles. The molecule has 0 aromatic carbocycles. The lowest BCUT2D eigenvalue weighted by molar-refractivity contribution is -0.320. The zero-order valence-corrected chi connectivity index (χ0v) is 43.3. The number of allylic oxidation sites excluding steroid dienone is 4. The fourth-order valence-corrected chi connectivity index (χ4v) is 14.5. The number of fused-ring (bicyclic) bond motifs is 4. The summed E-state index contributed by atoms with van der Waals surface area (Å²) in [6, 6.07) is 0. The first-order valence-corrected chi connectivity index (χ1v) is 26.1. The summed E-state index contributed by atoms with van der Waals surface area (Å²) >= 11 is 0. The first-order valence-electron chi connectivity index (χ1n) is 26.1. The third-order valence-corrected chi connectivity index (χ3v) is 18.3. The second-order valence-corrected chi connectivity index (χ2v) is 22.7. The second kappa shape index (κ2) is 21.0. The largest absolute Gasteiger partial charge is 0.511 e. The van der Waals surface area contributed by atoms with Gasteiger partial charge in [0, 0.05) is 73.9 Å². The number of hydrogen-bond donors (Lipinski definition) is 5. The summed E-state index contributed by atoms with van der Waals surface area (Å²) in [6.07, 6.45) is 2.88. The van der Waals surface area contributed by atoms with Crippen molar-refractivity contribution < 1.29 is 68.3 Å². The van der Waals surface area contributed by atoms with Crippen LogP contribution >= 0.6 is 0 Å². The predicted molar refractivity (Wildman–Crippen MR) is 257 cm³/mol. The number of hydrogen-bond acceptors (Lipinski definition) is 14. The van der Waals surface area contributed by atoms with Gasteiger partial charge in [0.1, 0.15) is 29.3 Å². The summed E-state index contributed by atoms with van der Waals surface area (Å²) in [5.74, 6) is -4.99. The molecule has 0 aromatic rings. The Morgan fingerprint density at radius 3 is 2.14 bits per heavy atom. The van der Waals surface area contributed by atoms with Gasteiger partial charge in [-0.05, 0) is 83.5 Å². The smallest absolute Gasteiger partial charge is 0.346 e. The van der Waals surface area contributed by atoms with Crippen molar-refractivity contribution in [2.75, 3.05) is 13.7 Å². The third kappa shape index (κ3) is 9.55. The lowest BCUT2D eigenvalue weighted by Gasteiger charge is -2.56. The Morgan fingerprint density at radius 1 is 0.841 bits per heavy atom. The van der Waals surface area contributed by atoms with Crippen LogP contribution in [0.4, 0.5) is 0 Å². The normalized spacial score (nSPS) is 48.8. The van der Waals surface area contributed by atoms with Gasteiger partial charge < -0.3 is 54.0 Å². The fourth-order valence-electron chi connectivity index (χ4n) is 14.5. The molecule has 0 amide bonds. The molecule has 3 aliphatic heterocycles. The van der Waals surface area contributed by atoms with Crippen LogP contribution in [-0.4, -0.2) is 124 Å². The first-order chi connectivity index (χ1) is 32.5. The van der Waals surface area contributed by atoms with Crippen molar-refractivity contribution in [1.82, 2.24) is 0 Å². The Hall–Kier alpha value is -2.79. The van der Waals surface area contributed by atoms with E-state index in [1.54, 1.807) is 6.92 Å². The van der Waals surface area contributed by atoms with Crippen molar-refractivity contribution in [3.05, 3.63) is 46.3 Å². The summed E-state index contributed by atoms with van der Waals surface area (Å²) in [6.45, 7) is 21.5. The summed E-state index contributed by atoms with van der Waals surface area (Å²) < 4.78 is 37.7. The molecule has 388 valence electrons. The van der Waals surface area contributed by atoms with E-state index in [9.17, 15) is 35.1 Å². The van der Waals surface area contributed by atoms with E-state index in [1.807, 2.05) is 61.5 Å². The predicted octanol–water partition coefficient (Wildman–Crippen LogP) is 7.40. The van der Waals surface area contributed by atoms with Crippen LogP contribution in [0, 0.1) is 58.2 Å². The SMILES string of the molecule is CC/C1=C\[C@H](CO)C[C@@H](C)[C@H](O[C@H]2C[C@H](O)[C@H](O[C@H]3C[C@H](OC)[C@@H](O)[C@H](C)O3)[C@@H](C)O2)[C@H](C)CCC[C@]2(C)C=C(C)[C@H](C)C[C@]23OC(=O)/C(=C(/O)[C@@]2(CC)[C@H]4[C@H](C=C(C)[C@@H]12)[C@@H](O)CC(=O)[C@@H]4C)C3=O. The van der Waals surface area contributed by atoms with Crippen LogP contribution in [0.3, 0.4) is 0 Å². The highest BCUT2D eigenvalue weighted by Crippen LogP contribution is 2.63. The molecule has 1 spiro atoms. The summed E-state index contributed by atoms with van der Waals surface area (Å²) in [7, 11) is 1.54. The van der Waals surface area contributed by atoms with E-state index in [0.717, 1.165) is 16.7 Å². The van der Waals surface area contributed by atoms with Crippen LogP contribution < -0.4 is 0 Å². The molecule has 0 aromatic heterocycles. The molecule has 5 N–H and O–H groups in total. The van der Waals surface area contributed by atoms with E-state index in [1.165, 1.54) is 7.11 Å². The topological polar surface area (TPSA) is 208 Å². The minimum absolute atomic E-state index is 0.0313. The summed E-state index contributed by atoms with van der Waals surface area (Å²) in [5, 5.41) is 58.3. The number of ketones is 2. The molecule has 0 unspecified atom stereocenters. The van der Waals surface area contributed by atoms with E-state index in [-0.39, 0.29) is 79.5 Å². The molecule has 69 heavy (non-hydrogen) atoms. The summed E-state index contributed by atoms with van der Waals surface area (Å²) in [4.78, 5) is 44.1. The minimum Gasteiger partial charge on any atom is -0.511 e. The van der Waals surface area contributed by atoms with E-state index < -0.39 is 113 Å². The van der Waals surface area contributed by atoms with Gasteiger partial charge >= 0.3 is 5.97 Å². The monoisotopic (exact) mass is 969 g/mol. The van der Waals surface area contributed by atoms with Crippen LogP contribution in [0.15, 0.2) is 46.3 Å². The van der Waals surface area contributed by atoms with E-state index >= 15 is 4.79 Å². The van der Waals surface area contributed by atoms with Gasteiger partial charge in [-0.25, -0.2) is 4.79 Å². The molecule has 21 atom stereocenters. The average molecular weight is 969 g/mol. The van der Waals surface area contributed by atoms with Crippen molar-refractivity contribution in [2.45, 2.75) is 207 Å². The molecule has 0 radical (unpaired) electrons. The quantitative estimate of drug-likeness (QED) is 0.0913. The van der Waals surface area contributed by atoms with Crippen LogP contribution in [0.1, 0.15) is 140 Å². The molecule has 14 heteroatoms. The first kappa shape index (κ1) is 54.0. The number of aliphatic hydroxyl groups is 5. The van der Waals surface area contributed by atoms with Crippen molar-refractivity contribution in [2.24, 2.45) is 58.2 Å². The highest BCUT2D eigenvalue weighted by molar-refractivity contribution is 6.26. The van der Waals surface area contributed by atoms with E-state index in [4.69, 9.17) is 28.4 Å². The third-order valence-electron chi connectivity index (χ3n) is 18.3. The number of Topliss-reactive ketones (excluding diaryl/α,β-unsaturated/α-hetero) is 2. The van der Waals surface area contributed by atoms with Crippen molar-refractivity contribution in [3.63, 3.8) is 0 Å². The Labute approximate surface area is 410 Å². The van der Waals surface area contributed by atoms with Crippen molar-refractivity contribution in [3.8, 4) is 0 Å². The Kier molecular flexibility index (Phi) is 16.4. The average Bonchev–Trinajstić information content (AvgIpc) is 3.55. The standard InChI is InChI=1S/C55H84O14/c1-13-36-20-35(26-56)18-29(5)48(67-42-22-40(59)49(34(10)66-42)68-43-23-41(64-12)47(60)33(9)65-43)27(3)16-15-17-53(11)24-30(6)31(7)25-55(53)51(62)44(52(63)69-55)50(61)54(14-2)45(36)28(4)19-37-39(58)21-38(57)32(8)46(37)54/h19-20,24,27,29,31-35,37,39-43,45-49,56,58-61H,13-18,21-23,25-26H2,1-12H3/b36-20+,50-44+/t27-,29-,31-,32+,33+,34-,35-,37-,39+,40+,41+,42+,43+,45+,46-,47+,48-,49-,53-,54-,55-/m1/s1. The molecular weight excluding hydrogens is 885 g/mol. The van der Waals surface area contributed by atoms with Crippen LogP contribution in [-0.2, 0) is 42.8 Å². The molecule has 2 bridgehead atoms. The van der Waals surface area contributed by atoms with Gasteiger partial charge in [0.2, 0.25) is 5.78 Å². The molecule has 1 saturated carbocycles. The van der Waals surface area contributed by atoms with Gasteiger partial charge in [-0.1, -0.05) is 89.8 Å². The number of ether oxygens (including phenoxy) is 6. The zero-order chi connectivity index (χ0) is 50.7. The highest BCUT2D eigenvalue weighted by atomic mass is 16.7.